The third kappa shape index (κ3) is 4.41. The Kier molecular flexibility index (Phi) is 5.89. The van der Waals surface area contributed by atoms with Crippen LogP contribution in [0, 0.1) is 0 Å². The van der Waals surface area contributed by atoms with E-state index >= 15 is 0 Å². The minimum atomic E-state index is -0.763. The molecule has 2 N–H and O–H groups in total. The molecule has 0 radical (unpaired) electrons. The van der Waals surface area contributed by atoms with E-state index in [2.05, 4.69) is 25.5 Å². The van der Waals surface area contributed by atoms with Crippen molar-refractivity contribution in [1.82, 2.24) is 25.5 Å². The summed E-state index contributed by atoms with van der Waals surface area (Å²) >= 11 is 1.15. The van der Waals surface area contributed by atoms with E-state index in [-0.39, 0.29) is 11.7 Å². The summed E-state index contributed by atoms with van der Waals surface area (Å²) in [5, 5.41) is 12.4. The van der Waals surface area contributed by atoms with Crippen molar-refractivity contribution in [2.45, 2.75) is 17.6 Å². The summed E-state index contributed by atoms with van der Waals surface area (Å²) in [6.45, 7) is 0. The maximum atomic E-state index is 12.4. The second kappa shape index (κ2) is 8.91. The van der Waals surface area contributed by atoms with Gasteiger partial charge in [-0.05, 0) is 11.6 Å². The van der Waals surface area contributed by atoms with Crippen LogP contribution in [0.3, 0.4) is 0 Å². The van der Waals surface area contributed by atoms with Crippen molar-refractivity contribution in [1.29, 1.82) is 0 Å². The average molecular weight is 421 g/mol. The van der Waals surface area contributed by atoms with Gasteiger partial charge in [-0.1, -0.05) is 60.3 Å². The highest BCUT2D eigenvalue weighted by Gasteiger charge is 2.22. The van der Waals surface area contributed by atoms with Crippen LogP contribution < -0.4 is 5.32 Å². The number of para-hydroxylation sites is 1. The Morgan fingerprint density at radius 3 is 2.67 bits per heavy atom. The van der Waals surface area contributed by atoms with Crippen molar-refractivity contribution in [2.24, 2.45) is 0 Å². The molecule has 0 bridgehead atoms. The van der Waals surface area contributed by atoms with Crippen LogP contribution in [0.4, 0.5) is 0 Å². The van der Waals surface area contributed by atoms with Crippen molar-refractivity contribution >= 4 is 45.7 Å². The topological polar surface area (TPSA) is 110 Å². The van der Waals surface area contributed by atoms with Gasteiger partial charge in [0.05, 0.1) is 12.9 Å². The molecular weight excluding hydrogens is 402 g/mol. The quantitative estimate of drug-likeness (QED) is 0.348. The molecule has 30 heavy (non-hydrogen) atoms. The number of esters is 1. The molecule has 4 aromatic rings. The van der Waals surface area contributed by atoms with Crippen molar-refractivity contribution < 1.29 is 14.3 Å². The third-order valence-corrected chi connectivity index (χ3v) is 5.38. The minimum Gasteiger partial charge on any atom is -0.467 e. The van der Waals surface area contributed by atoms with Gasteiger partial charge in [0.1, 0.15) is 11.6 Å². The number of ether oxygens (including phenoxy) is 1. The lowest BCUT2D eigenvalue weighted by molar-refractivity contribution is -0.144. The van der Waals surface area contributed by atoms with Crippen molar-refractivity contribution in [3.63, 3.8) is 0 Å². The van der Waals surface area contributed by atoms with Crippen LogP contribution in [0.1, 0.15) is 5.56 Å². The van der Waals surface area contributed by atoms with E-state index in [9.17, 15) is 9.59 Å². The molecule has 8 nitrogen and oxygen atoms in total. The Labute approximate surface area is 176 Å². The van der Waals surface area contributed by atoms with Gasteiger partial charge in [0, 0.05) is 17.3 Å². The fourth-order valence-corrected chi connectivity index (χ4v) is 3.72. The molecule has 2 heterocycles. The number of aromatic amines is 1. The van der Waals surface area contributed by atoms with Crippen molar-refractivity contribution in [2.75, 3.05) is 12.9 Å². The van der Waals surface area contributed by atoms with E-state index in [1.165, 1.54) is 7.11 Å². The van der Waals surface area contributed by atoms with Gasteiger partial charge in [-0.25, -0.2) is 9.78 Å². The summed E-state index contributed by atoms with van der Waals surface area (Å²) < 4.78 is 4.83. The number of methoxy groups -OCH3 is 1. The van der Waals surface area contributed by atoms with Crippen LogP contribution in [0.25, 0.3) is 22.1 Å². The molecule has 1 amide bonds. The number of thioether (sulfide) groups is 1. The van der Waals surface area contributed by atoms with Gasteiger partial charge >= 0.3 is 5.97 Å². The van der Waals surface area contributed by atoms with Crippen molar-refractivity contribution in [3.05, 3.63) is 60.2 Å². The van der Waals surface area contributed by atoms with Gasteiger partial charge in [0.15, 0.2) is 5.65 Å². The summed E-state index contributed by atoms with van der Waals surface area (Å²) in [5.74, 6) is -0.753. The molecule has 0 aliphatic rings. The van der Waals surface area contributed by atoms with Crippen LogP contribution >= 0.6 is 11.8 Å². The average Bonchev–Trinajstić information content (AvgIpc) is 3.15. The van der Waals surface area contributed by atoms with E-state index < -0.39 is 12.0 Å². The molecule has 0 spiro atoms. The smallest absolute Gasteiger partial charge is 0.328 e. The molecule has 0 saturated heterocycles. The van der Waals surface area contributed by atoms with Crippen LogP contribution in [0.2, 0.25) is 0 Å². The fraction of sp³-hybridized carbons (Fsp3) is 0.190. The summed E-state index contributed by atoms with van der Waals surface area (Å²) in [6, 6.07) is 16.4. The Bertz CT molecular complexity index is 1200. The standard InChI is InChI=1S/C21H19N5O3S/c1-29-20(28)16(11-13-7-3-2-4-8-13)22-17(27)12-30-21-24-19-18(25-26-21)14-9-5-6-10-15(14)23-19/h2-10,16H,11-12H2,1H3,(H,22,27)(H,23,24,26)/t16-/m0/s1. The number of rotatable bonds is 7. The molecule has 0 saturated carbocycles. The lowest BCUT2D eigenvalue weighted by Crippen LogP contribution is -2.43. The van der Waals surface area contributed by atoms with E-state index in [1.807, 2.05) is 54.6 Å². The van der Waals surface area contributed by atoms with E-state index in [0.29, 0.717) is 22.7 Å². The number of carbonyl (C=O) groups is 2. The summed E-state index contributed by atoms with van der Waals surface area (Å²) in [4.78, 5) is 32.1. The molecule has 152 valence electrons. The highest BCUT2D eigenvalue weighted by atomic mass is 32.2. The number of aromatic nitrogens is 4. The summed E-state index contributed by atoms with van der Waals surface area (Å²) in [7, 11) is 1.30. The lowest BCUT2D eigenvalue weighted by atomic mass is 10.1. The Morgan fingerprint density at radius 2 is 1.87 bits per heavy atom. The maximum absolute atomic E-state index is 12.4. The van der Waals surface area contributed by atoms with Gasteiger partial charge in [-0.3, -0.25) is 4.79 Å². The molecule has 4 rings (SSSR count). The number of carbonyl (C=O) groups excluding carboxylic acids is 2. The number of benzene rings is 2. The molecule has 0 unspecified atom stereocenters. The first-order valence-electron chi connectivity index (χ1n) is 9.29. The summed E-state index contributed by atoms with van der Waals surface area (Å²) in [6.07, 6.45) is 0.350. The Balaban J connectivity index is 1.41. The second-order valence-corrected chi connectivity index (χ2v) is 7.53. The number of nitrogens with zero attached hydrogens (tertiary/aromatic N) is 3. The molecular formula is C21H19N5O3S. The maximum Gasteiger partial charge on any atom is 0.328 e. The van der Waals surface area contributed by atoms with E-state index in [1.54, 1.807) is 0 Å². The van der Waals surface area contributed by atoms with Crippen molar-refractivity contribution in [3.8, 4) is 0 Å². The first kappa shape index (κ1) is 19.8. The van der Waals surface area contributed by atoms with Gasteiger partial charge in [-0.15, -0.1) is 10.2 Å². The predicted molar refractivity (Wildman–Crippen MR) is 114 cm³/mol. The molecule has 2 aromatic carbocycles. The molecule has 0 aliphatic heterocycles. The zero-order valence-corrected chi connectivity index (χ0v) is 17.0. The largest absolute Gasteiger partial charge is 0.467 e. The number of hydrogen-bond acceptors (Lipinski definition) is 7. The predicted octanol–water partition coefficient (Wildman–Crippen LogP) is 2.50. The van der Waals surface area contributed by atoms with Crippen LogP contribution in [-0.2, 0) is 20.7 Å². The number of amides is 1. The number of nitrogens with one attached hydrogen (secondary N) is 2. The fourth-order valence-electron chi connectivity index (χ4n) is 3.12. The van der Waals surface area contributed by atoms with Gasteiger partial charge in [-0.2, -0.15) is 0 Å². The van der Waals surface area contributed by atoms with Crippen LogP contribution in [0.5, 0.6) is 0 Å². The first-order valence-corrected chi connectivity index (χ1v) is 10.3. The first-order chi connectivity index (χ1) is 14.6. The summed E-state index contributed by atoms with van der Waals surface area (Å²) in [5.41, 5.74) is 3.16. The lowest BCUT2D eigenvalue weighted by Gasteiger charge is -2.16. The van der Waals surface area contributed by atoms with Gasteiger partial charge in [0.25, 0.3) is 0 Å². The zero-order chi connectivity index (χ0) is 20.9. The Hall–Kier alpha value is -3.46. The second-order valence-electron chi connectivity index (χ2n) is 6.58. The number of fused-ring (bicyclic) bond motifs is 3. The van der Waals surface area contributed by atoms with Gasteiger partial charge < -0.3 is 15.0 Å². The Morgan fingerprint density at radius 1 is 1.10 bits per heavy atom. The number of hydrogen-bond donors (Lipinski definition) is 2. The van der Waals surface area contributed by atoms with E-state index in [4.69, 9.17) is 4.74 Å². The molecule has 1 atom stereocenters. The molecule has 0 aliphatic carbocycles. The number of H-pyrrole nitrogens is 1. The molecule has 2 aromatic heterocycles. The third-order valence-electron chi connectivity index (χ3n) is 4.54. The normalized spacial score (nSPS) is 12.0. The molecule has 0 fully saturated rings. The van der Waals surface area contributed by atoms with Crippen LogP contribution in [-0.4, -0.2) is 50.9 Å². The van der Waals surface area contributed by atoms with Gasteiger partial charge in [0.2, 0.25) is 11.1 Å². The van der Waals surface area contributed by atoms with E-state index in [0.717, 1.165) is 28.2 Å². The zero-order valence-electron chi connectivity index (χ0n) is 16.2. The minimum absolute atomic E-state index is 0.0513. The molecule has 9 heteroatoms. The highest BCUT2D eigenvalue weighted by molar-refractivity contribution is 7.99. The SMILES string of the molecule is COC(=O)[C@H](Cc1ccccc1)NC(=O)CSc1nnc2c(n1)[nH]c1ccccc12. The monoisotopic (exact) mass is 421 g/mol. The van der Waals surface area contributed by atoms with Crippen LogP contribution in [0.15, 0.2) is 59.8 Å². The highest BCUT2D eigenvalue weighted by Crippen LogP contribution is 2.23.